The van der Waals surface area contributed by atoms with Gasteiger partial charge in [0.15, 0.2) is 6.10 Å². The summed E-state index contributed by atoms with van der Waals surface area (Å²) in [6.07, 6.45) is 87.0. The van der Waals surface area contributed by atoms with Gasteiger partial charge in [-0.1, -0.05) is 298 Å². The van der Waals surface area contributed by atoms with Crippen LogP contribution in [0.5, 0.6) is 0 Å². The Morgan fingerprint density at radius 2 is 0.506 bits per heavy atom. The van der Waals surface area contributed by atoms with E-state index in [4.69, 9.17) is 14.2 Å². The molecule has 0 saturated carbocycles. The second-order valence-corrected chi connectivity index (χ2v) is 21.6. The highest BCUT2D eigenvalue weighted by molar-refractivity contribution is 5.71. The van der Waals surface area contributed by atoms with Gasteiger partial charge in [0.2, 0.25) is 0 Å². The summed E-state index contributed by atoms with van der Waals surface area (Å²) >= 11 is 0. The Morgan fingerprint density at radius 1 is 0.273 bits per heavy atom. The van der Waals surface area contributed by atoms with Gasteiger partial charge in [0.05, 0.1) is 0 Å². The van der Waals surface area contributed by atoms with Gasteiger partial charge in [0, 0.05) is 19.3 Å². The summed E-state index contributed by atoms with van der Waals surface area (Å²) in [6, 6.07) is 0. The summed E-state index contributed by atoms with van der Waals surface area (Å²) in [4.78, 5) is 38.3. The number of carbonyl (C=O) groups excluding carboxylic acids is 3. The molecule has 6 heteroatoms. The molecule has 0 aliphatic rings. The van der Waals surface area contributed by atoms with Crippen LogP contribution in [-0.4, -0.2) is 37.2 Å². The Morgan fingerprint density at radius 3 is 0.792 bits per heavy atom. The standard InChI is InChI=1S/C71H122O6/c1-4-7-10-13-16-19-22-25-28-30-31-32-33-34-35-36-37-38-39-41-43-46-49-52-55-58-61-64-70(73)76-67-68(66-75-69(72)63-60-57-54-51-48-45-42-27-24-21-18-15-12-9-6-3)77-71(74)65-62-59-56-53-50-47-44-40-29-26-23-20-17-14-11-8-5-2/h7-8,10-11,16-17,19-20,25-26,28-29,31-32,44,47,68H,4-6,9,12-15,18,21-24,27,30,33-43,45-46,48-67H2,1-3H3/b10-7-,11-8-,19-16-,20-17-,28-25-,29-26-,32-31-,47-44-. The molecular weight excluding hydrogens is 949 g/mol. The average molecular weight is 1070 g/mol. The van der Waals surface area contributed by atoms with Crippen molar-refractivity contribution in [2.45, 2.75) is 322 Å². The van der Waals surface area contributed by atoms with Gasteiger partial charge in [0.25, 0.3) is 0 Å². The molecule has 0 aliphatic heterocycles. The number of allylic oxidation sites excluding steroid dienone is 16. The molecule has 6 nitrogen and oxygen atoms in total. The van der Waals surface area contributed by atoms with Crippen molar-refractivity contribution >= 4 is 17.9 Å². The van der Waals surface area contributed by atoms with Crippen molar-refractivity contribution in [3.05, 3.63) is 97.2 Å². The highest BCUT2D eigenvalue weighted by atomic mass is 16.6. The summed E-state index contributed by atoms with van der Waals surface area (Å²) in [7, 11) is 0. The first-order chi connectivity index (χ1) is 38.0. The van der Waals surface area contributed by atoms with Gasteiger partial charge in [-0.15, -0.1) is 0 Å². The molecule has 0 radical (unpaired) electrons. The van der Waals surface area contributed by atoms with E-state index in [1.54, 1.807) is 0 Å². The largest absolute Gasteiger partial charge is 0.462 e. The third kappa shape index (κ3) is 63.0. The van der Waals surface area contributed by atoms with E-state index in [0.717, 1.165) is 122 Å². The van der Waals surface area contributed by atoms with Crippen LogP contribution < -0.4 is 0 Å². The van der Waals surface area contributed by atoms with Gasteiger partial charge < -0.3 is 14.2 Å². The van der Waals surface area contributed by atoms with Crippen molar-refractivity contribution in [1.29, 1.82) is 0 Å². The molecular formula is C71H122O6. The lowest BCUT2D eigenvalue weighted by Crippen LogP contribution is -2.30. The molecule has 77 heavy (non-hydrogen) atoms. The highest BCUT2D eigenvalue weighted by Gasteiger charge is 2.19. The van der Waals surface area contributed by atoms with Crippen LogP contribution >= 0.6 is 0 Å². The minimum atomic E-state index is -0.790. The van der Waals surface area contributed by atoms with E-state index in [-0.39, 0.29) is 31.1 Å². The zero-order chi connectivity index (χ0) is 55.7. The molecule has 442 valence electrons. The maximum atomic E-state index is 12.9. The zero-order valence-electron chi connectivity index (χ0n) is 50.7. The fourth-order valence-electron chi connectivity index (χ4n) is 9.25. The van der Waals surface area contributed by atoms with Gasteiger partial charge in [-0.25, -0.2) is 0 Å². The SMILES string of the molecule is CC/C=C\C/C=C\C/C=C\C/C=C\CCCCCCCCCCCCCCCCC(=O)OCC(COC(=O)CCCCCCCCCCCCCCCCC)OC(=O)CCCCCC/C=C\C/C=C\C/C=C\C/C=C\CC. The Hall–Kier alpha value is -3.67. The van der Waals surface area contributed by atoms with Crippen LogP contribution in [0.3, 0.4) is 0 Å². The molecule has 0 spiro atoms. The monoisotopic (exact) mass is 1070 g/mol. The quantitative estimate of drug-likeness (QED) is 0.0261. The zero-order valence-corrected chi connectivity index (χ0v) is 50.7. The Kier molecular flexibility index (Phi) is 61.8. The van der Waals surface area contributed by atoms with E-state index in [1.165, 1.54) is 154 Å². The van der Waals surface area contributed by atoms with Crippen LogP contribution in [0.1, 0.15) is 316 Å². The minimum Gasteiger partial charge on any atom is -0.462 e. The molecule has 0 N–H and O–H groups in total. The lowest BCUT2D eigenvalue weighted by Gasteiger charge is -2.18. The van der Waals surface area contributed by atoms with E-state index >= 15 is 0 Å². The number of esters is 3. The molecule has 0 aliphatic carbocycles. The lowest BCUT2D eigenvalue weighted by molar-refractivity contribution is -0.167. The lowest BCUT2D eigenvalue weighted by atomic mass is 10.0. The first-order valence-corrected chi connectivity index (χ1v) is 32.7. The van der Waals surface area contributed by atoms with Crippen LogP contribution in [-0.2, 0) is 28.6 Å². The molecule has 1 unspecified atom stereocenters. The maximum Gasteiger partial charge on any atom is 0.306 e. The molecule has 0 fully saturated rings. The fourth-order valence-corrected chi connectivity index (χ4v) is 9.25. The molecule has 0 heterocycles. The van der Waals surface area contributed by atoms with Gasteiger partial charge in [0.1, 0.15) is 13.2 Å². The summed E-state index contributed by atoms with van der Waals surface area (Å²) in [5, 5.41) is 0. The molecule has 0 bridgehead atoms. The predicted octanol–water partition coefficient (Wildman–Crippen LogP) is 22.4. The van der Waals surface area contributed by atoms with Crippen molar-refractivity contribution in [1.82, 2.24) is 0 Å². The van der Waals surface area contributed by atoms with E-state index in [9.17, 15) is 14.4 Å². The van der Waals surface area contributed by atoms with Crippen molar-refractivity contribution in [2.24, 2.45) is 0 Å². The summed E-state index contributed by atoms with van der Waals surface area (Å²) in [5.74, 6) is -0.895. The van der Waals surface area contributed by atoms with Crippen LogP contribution in [0.15, 0.2) is 97.2 Å². The van der Waals surface area contributed by atoms with Crippen molar-refractivity contribution in [3.8, 4) is 0 Å². The first kappa shape index (κ1) is 73.3. The second kappa shape index (κ2) is 64.9. The average Bonchev–Trinajstić information content (AvgIpc) is 3.43. The van der Waals surface area contributed by atoms with E-state index in [1.807, 2.05) is 0 Å². The van der Waals surface area contributed by atoms with Crippen LogP contribution in [0.4, 0.5) is 0 Å². The predicted molar refractivity (Wildman–Crippen MR) is 334 cm³/mol. The Balaban J connectivity index is 4.31. The number of unbranched alkanes of at least 4 members (excludes halogenated alkanes) is 32. The molecule has 0 amide bonds. The Bertz CT molecular complexity index is 1510. The smallest absolute Gasteiger partial charge is 0.306 e. The molecule has 1 atom stereocenters. The number of hydrogen-bond acceptors (Lipinski definition) is 6. The van der Waals surface area contributed by atoms with E-state index in [0.29, 0.717) is 19.3 Å². The molecule has 0 aromatic carbocycles. The summed E-state index contributed by atoms with van der Waals surface area (Å²) < 4.78 is 16.9. The van der Waals surface area contributed by atoms with Gasteiger partial charge in [-0.2, -0.15) is 0 Å². The van der Waals surface area contributed by atoms with Crippen LogP contribution in [0, 0.1) is 0 Å². The third-order valence-electron chi connectivity index (χ3n) is 14.1. The van der Waals surface area contributed by atoms with E-state index in [2.05, 4.69) is 118 Å². The number of carbonyl (C=O) groups is 3. The van der Waals surface area contributed by atoms with Crippen molar-refractivity contribution < 1.29 is 28.6 Å². The summed E-state index contributed by atoms with van der Waals surface area (Å²) in [5.41, 5.74) is 0. The van der Waals surface area contributed by atoms with Gasteiger partial charge >= 0.3 is 17.9 Å². The van der Waals surface area contributed by atoms with Gasteiger partial charge in [-0.05, 0) is 96.3 Å². The Labute approximate surface area is 477 Å². The van der Waals surface area contributed by atoms with Crippen molar-refractivity contribution in [2.75, 3.05) is 13.2 Å². The molecule has 0 rings (SSSR count). The molecule has 0 aromatic heterocycles. The van der Waals surface area contributed by atoms with Gasteiger partial charge in [-0.3, -0.25) is 14.4 Å². The van der Waals surface area contributed by atoms with Crippen LogP contribution in [0.2, 0.25) is 0 Å². The fraction of sp³-hybridized carbons (Fsp3) is 0.732. The third-order valence-corrected chi connectivity index (χ3v) is 14.1. The maximum absolute atomic E-state index is 12.9. The van der Waals surface area contributed by atoms with E-state index < -0.39 is 6.10 Å². The number of rotatable bonds is 59. The summed E-state index contributed by atoms with van der Waals surface area (Å²) in [6.45, 7) is 6.43. The molecule has 0 aromatic rings. The number of ether oxygens (including phenoxy) is 3. The molecule has 0 saturated heterocycles. The highest BCUT2D eigenvalue weighted by Crippen LogP contribution is 2.17. The minimum absolute atomic E-state index is 0.0841. The first-order valence-electron chi connectivity index (χ1n) is 32.7. The normalized spacial score (nSPS) is 12.7. The topological polar surface area (TPSA) is 78.9 Å². The van der Waals surface area contributed by atoms with Crippen LogP contribution in [0.25, 0.3) is 0 Å². The second-order valence-electron chi connectivity index (χ2n) is 21.6. The number of hydrogen-bond donors (Lipinski definition) is 0. The van der Waals surface area contributed by atoms with Crippen molar-refractivity contribution in [3.63, 3.8) is 0 Å².